The van der Waals surface area contributed by atoms with E-state index in [0.29, 0.717) is 0 Å². The summed E-state index contributed by atoms with van der Waals surface area (Å²) in [7, 11) is 0. The molecule has 3 rings (SSSR count). The molecule has 2 aromatic rings. The first-order valence-electron chi connectivity index (χ1n) is 5.39. The second-order valence-electron chi connectivity index (χ2n) is 4.19. The van der Waals surface area contributed by atoms with Crippen molar-refractivity contribution in [3.05, 3.63) is 54.1 Å². The number of nitrogens with zero attached hydrogens (tertiary/aromatic N) is 2. The Morgan fingerprint density at radius 2 is 2.35 bits per heavy atom. The van der Waals surface area contributed by atoms with E-state index in [4.69, 9.17) is 5.11 Å². The van der Waals surface area contributed by atoms with Crippen LogP contribution in [0.5, 0.6) is 0 Å². The molecule has 0 bridgehead atoms. The van der Waals surface area contributed by atoms with Gasteiger partial charge in [-0.05, 0) is 25.0 Å². The van der Waals surface area contributed by atoms with Gasteiger partial charge < -0.3 is 9.67 Å². The minimum Gasteiger partial charge on any atom is -0.477 e. The van der Waals surface area contributed by atoms with Crippen LogP contribution in [-0.4, -0.2) is 20.6 Å². The van der Waals surface area contributed by atoms with Crippen molar-refractivity contribution >= 4 is 5.97 Å². The third-order valence-corrected chi connectivity index (χ3v) is 3.19. The Bertz CT molecular complexity index is 556. The van der Waals surface area contributed by atoms with Gasteiger partial charge in [0.1, 0.15) is 5.69 Å². The van der Waals surface area contributed by atoms with Crippen molar-refractivity contribution in [2.75, 3.05) is 0 Å². The number of hydrogen-bond acceptors (Lipinski definition) is 2. The fourth-order valence-corrected chi connectivity index (χ4v) is 2.18. The Hall–Kier alpha value is -2.28. The Balaban J connectivity index is 2.10. The summed E-state index contributed by atoms with van der Waals surface area (Å²) in [5, 5.41) is 9.11. The number of carboxylic acids is 1. The molecular formula is C13H10N2O2. The molecule has 84 valence electrons. The maximum atomic E-state index is 11.1. The van der Waals surface area contributed by atoms with Crippen LogP contribution in [0.2, 0.25) is 0 Å². The Morgan fingerprint density at radius 1 is 1.53 bits per heavy atom. The lowest BCUT2D eigenvalue weighted by atomic mass is 10.1. The van der Waals surface area contributed by atoms with Crippen LogP contribution in [0.3, 0.4) is 0 Å². The van der Waals surface area contributed by atoms with E-state index in [9.17, 15) is 4.79 Å². The van der Waals surface area contributed by atoms with Gasteiger partial charge >= 0.3 is 5.97 Å². The minimum atomic E-state index is -0.950. The fourth-order valence-electron chi connectivity index (χ4n) is 2.18. The Labute approximate surface area is 98.5 Å². The lowest BCUT2D eigenvalue weighted by Gasteiger charge is -2.17. The van der Waals surface area contributed by atoms with E-state index >= 15 is 0 Å². The largest absolute Gasteiger partial charge is 0.477 e. The third kappa shape index (κ3) is 1.40. The van der Waals surface area contributed by atoms with Gasteiger partial charge in [0, 0.05) is 5.56 Å². The van der Waals surface area contributed by atoms with Gasteiger partial charge in [0.2, 0.25) is 0 Å². The topological polar surface area (TPSA) is 55.1 Å². The highest BCUT2D eigenvalue weighted by Gasteiger charge is 2.48. The molecule has 0 aliphatic heterocycles. The molecule has 1 fully saturated rings. The van der Waals surface area contributed by atoms with Crippen molar-refractivity contribution in [3.8, 4) is 0 Å². The average molecular weight is 226 g/mol. The van der Waals surface area contributed by atoms with Gasteiger partial charge in [-0.1, -0.05) is 18.2 Å². The number of rotatable bonds is 3. The van der Waals surface area contributed by atoms with Crippen molar-refractivity contribution in [1.82, 2.24) is 9.55 Å². The van der Waals surface area contributed by atoms with Crippen molar-refractivity contribution < 1.29 is 9.90 Å². The molecule has 0 radical (unpaired) electrons. The molecule has 1 aromatic carbocycles. The number of carbonyl (C=O) groups is 1. The van der Waals surface area contributed by atoms with Gasteiger partial charge in [-0.15, -0.1) is 0 Å². The molecule has 1 saturated carbocycles. The SMILES string of the molecule is O=C(O)c1cncn1C1(c2c#cccc2)CC1. The number of hydrogen-bond donors (Lipinski definition) is 1. The monoisotopic (exact) mass is 226 g/mol. The molecule has 1 aromatic heterocycles. The Morgan fingerprint density at radius 3 is 2.94 bits per heavy atom. The van der Waals surface area contributed by atoms with E-state index in [1.807, 2.05) is 12.1 Å². The highest BCUT2D eigenvalue weighted by Crippen LogP contribution is 2.49. The standard InChI is InChI=1S/C13H10N2O2/c16-12(17)11-8-14-9-15(11)13(6-7-13)10-4-2-1-3-5-10/h1-2,4,8-9H,6-7H2,(H,16,17). The number of imidazole rings is 1. The normalized spacial score (nSPS) is 16.2. The molecule has 4 heteroatoms. The molecule has 0 saturated heterocycles. The highest BCUT2D eigenvalue weighted by molar-refractivity contribution is 5.85. The van der Waals surface area contributed by atoms with E-state index in [2.05, 4.69) is 17.1 Å². The van der Waals surface area contributed by atoms with Gasteiger partial charge in [0.15, 0.2) is 0 Å². The van der Waals surface area contributed by atoms with Crippen molar-refractivity contribution in [2.45, 2.75) is 18.4 Å². The maximum absolute atomic E-state index is 11.1. The van der Waals surface area contributed by atoms with Crippen LogP contribution >= 0.6 is 0 Å². The summed E-state index contributed by atoms with van der Waals surface area (Å²) in [6.07, 6.45) is 4.79. The first-order valence-corrected chi connectivity index (χ1v) is 5.39. The third-order valence-electron chi connectivity index (χ3n) is 3.19. The molecule has 1 N–H and O–H groups in total. The number of aromatic carboxylic acids is 1. The maximum Gasteiger partial charge on any atom is 0.354 e. The molecule has 4 nitrogen and oxygen atoms in total. The van der Waals surface area contributed by atoms with Gasteiger partial charge in [0.25, 0.3) is 0 Å². The van der Waals surface area contributed by atoms with Gasteiger partial charge in [0.05, 0.1) is 18.1 Å². The van der Waals surface area contributed by atoms with Crippen LogP contribution in [0.25, 0.3) is 0 Å². The van der Waals surface area contributed by atoms with Crippen LogP contribution in [0.4, 0.5) is 0 Å². The average Bonchev–Trinajstić information content (AvgIpc) is 3.00. The quantitative estimate of drug-likeness (QED) is 0.866. The second kappa shape index (κ2) is 3.36. The van der Waals surface area contributed by atoms with Crippen LogP contribution in [0, 0.1) is 12.1 Å². The lowest BCUT2D eigenvalue weighted by Crippen LogP contribution is -2.21. The van der Waals surface area contributed by atoms with Gasteiger partial charge in [-0.3, -0.25) is 0 Å². The summed E-state index contributed by atoms with van der Waals surface area (Å²) in [6.45, 7) is 0. The van der Waals surface area contributed by atoms with Gasteiger partial charge in [-0.25, -0.2) is 9.78 Å². The predicted octanol–water partition coefficient (Wildman–Crippen LogP) is 1.72. The minimum absolute atomic E-state index is 0.222. The highest BCUT2D eigenvalue weighted by atomic mass is 16.4. The van der Waals surface area contributed by atoms with Crippen LogP contribution in [-0.2, 0) is 5.54 Å². The zero-order chi connectivity index (χ0) is 11.9. The van der Waals surface area contributed by atoms with E-state index in [-0.39, 0.29) is 11.2 Å². The molecule has 0 atom stereocenters. The summed E-state index contributed by atoms with van der Waals surface area (Å²) < 4.78 is 1.73. The lowest BCUT2D eigenvalue weighted by molar-refractivity contribution is 0.0682. The van der Waals surface area contributed by atoms with Gasteiger partial charge in [-0.2, -0.15) is 0 Å². The van der Waals surface area contributed by atoms with Crippen molar-refractivity contribution in [2.24, 2.45) is 0 Å². The van der Waals surface area contributed by atoms with E-state index in [0.717, 1.165) is 18.4 Å². The molecule has 0 unspecified atom stereocenters. The Kier molecular flexibility index (Phi) is 1.96. The molecule has 1 aliphatic carbocycles. The van der Waals surface area contributed by atoms with E-state index < -0.39 is 5.97 Å². The summed E-state index contributed by atoms with van der Waals surface area (Å²) in [6, 6.07) is 11.6. The molecule has 17 heavy (non-hydrogen) atoms. The van der Waals surface area contributed by atoms with Crippen LogP contribution < -0.4 is 0 Å². The van der Waals surface area contributed by atoms with E-state index in [1.165, 1.54) is 6.20 Å². The smallest absolute Gasteiger partial charge is 0.354 e. The van der Waals surface area contributed by atoms with Crippen LogP contribution in [0.1, 0.15) is 28.9 Å². The summed E-state index contributed by atoms with van der Waals surface area (Å²) in [5.74, 6) is -0.950. The molecule has 0 spiro atoms. The predicted molar refractivity (Wildman–Crippen MR) is 59.6 cm³/mol. The van der Waals surface area contributed by atoms with Crippen molar-refractivity contribution in [1.29, 1.82) is 0 Å². The fraction of sp³-hybridized carbons (Fsp3) is 0.231. The first kappa shape index (κ1) is 9.91. The first-order chi connectivity index (χ1) is 8.24. The molecular weight excluding hydrogens is 216 g/mol. The molecule has 0 amide bonds. The number of aromatic nitrogens is 2. The molecule has 1 aliphatic rings. The van der Waals surface area contributed by atoms with Crippen molar-refractivity contribution in [3.63, 3.8) is 0 Å². The summed E-state index contributed by atoms with van der Waals surface area (Å²) >= 11 is 0. The zero-order valence-electron chi connectivity index (χ0n) is 9.05. The summed E-state index contributed by atoms with van der Waals surface area (Å²) in [5.41, 5.74) is 0.919. The second-order valence-corrected chi connectivity index (χ2v) is 4.19. The molecule has 1 heterocycles. The van der Waals surface area contributed by atoms with E-state index in [1.54, 1.807) is 17.0 Å². The van der Waals surface area contributed by atoms with Crippen LogP contribution in [0.15, 0.2) is 30.7 Å². The number of carboxylic acid groups (broad SMARTS) is 1. The summed E-state index contributed by atoms with van der Waals surface area (Å²) in [4.78, 5) is 15.0. The zero-order valence-corrected chi connectivity index (χ0v) is 9.05.